The van der Waals surface area contributed by atoms with Crippen molar-refractivity contribution in [2.24, 2.45) is 0 Å². The van der Waals surface area contributed by atoms with E-state index in [0.29, 0.717) is 23.6 Å². The number of anilines is 2. The Labute approximate surface area is 245 Å². The fourth-order valence-electron chi connectivity index (χ4n) is 5.12. The topological polar surface area (TPSA) is 100 Å². The van der Waals surface area contributed by atoms with Crippen molar-refractivity contribution in [3.63, 3.8) is 0 Å². The third-order valence-corrected chi connectivity index (χ3v) is 7.70. The minimum Gasteiger partial charge on any atom is -0.369 e. The SMILES string of the molecule is Cc1ccc(C(=O)Nc2ccc(N3CCN(C)CC3)cc2)cc1Cc1nccc(-c2cncc(-c3oncc3C)c2)n1. The standard InChI is InChI=1S/C33H33N7O2/c1-22-4-5-24(33(41)37-28-6-8-29(9-7-28)40-14-12-39(3)13-15-40)16-25(22)18-31-35-11-10-30(38-31)26-17-27(21-34-20-26)32-23(2)19-36-42-32/h4-11,16-17,19-21H,12-15,18H2,1-3H3,(H,37,41). The number of likely N-dealkylation sites (N-methyl/N-ethyl adjacent to an activating group) is 1. The molecule has 0 atom stereocenters. The maximum Gasteiger partial charge on any atom is 0.255 e. The maximum absolute atomic E-state index is 13.2. The lowest BCUT2D eigenvalue weighted by atomic mass is 10.0. The number of carbonyl (C=O) groups is 1. The lowest BCUT2D eigenvalue weighted by Gasteiger charge is -2.34. The highest BCUT2D eigenvalue weighted by Crippen LogP contribution is 2.27. The molecule has 1 N–H and O–H groups in total. The van der Waals surface area contributed by atoms with Crippen LogP contribution in [0.1, 0.15) is 32.9 Å². The molecule has 2 aromatic carbocycles. The Hall–Kier alpha value is -4.89. The normalized spacial score (nSPS) is 13.7. The summed E-state index contributed by atoms with van der Waals surface area (Å²) in [5, 5.41) is 6.92. The molecule has 1 aliphatic heterocycles. The second-order valence-corrected chi connectivity index (χ2v) is 10.8. The molecule has 6 rings (SSSR count). The molecule has 0 radical (unpaired) electrons. The van der Waals surface area contributed by atoms with Crippen molar-refractivity contribution >= 4 is 17.3 Å². The van der Waals surface area contributed by atoms with Gasteiger partial charge in [0.2, 0.25) is 0 Å². The van der Waals surface area contributed by atoms with Crippen molar-refractivity contribution in [3.05, 3.63) is 107 Å². The highest BCUT2D eigenvalue weighted by molar-refractivity contribution is 6.04. The lowest BCUT2D eigenvalue weighted by molar-refractivity contribution is 0.102. The molecule has 42 heavy (non-hydrogen) atoms. The molecule has 4 heterocycles. The minimum absolute atomic E-state index is 0.149. The maximum atomic E-state index is 13.2. The quantitative estimate of drug-likeness (QED) is 0.283. The number of aromatic nitrogens is 4. The van der Waals surface area contributed by atoms with E-state index in [9.17, 15) is 4.79 Å². The number of carbonyl (C=O) groups excluding carboxylic acids is 1. The molecule has 0 saturated carbocycles. The zero-order valence-corrected chi connectivity index (χ0v) is 24.0. The van der Waals surface area contributed by atoms with Crippen LogP contribution in [0.25, 0.3) is 22.6 Å². The summed E-state index contributed by atoms with van der Waals surface area (Å²) in [6, 6.07) is 17.7. The Bertz CT molecular complexity index is 1710. The molecule has 3 aromatic heterocycles. The molecule has 1 amide bonds. The summed E-state index contributed by atoms with van der Waals surface area (Å²) in [7, 11) is 2.15. The number of nitrogens with zero attached hydrogens (tertiary/aromatic N) is 6. The van der Waals surface area contributed by atoms with Crippen molar-refractivity contribution in [2.75, 3.05) is 43.4 Å². The van der Waals surface area contributed by atoms with Gasteiger partial charge in [-0.1, -0.05) is 11.2 Å². The summed E-state index contributed by atoms with van der Waals surface area (Å²) in [6.45, 7) is 8.10. The van der Waals surface area contributed by atoms with E-state index in [1.165, 1.54) is 5.69 Å². The Kier molecular flexibility index (Phi) is 7.74. The van der Waals surface area contributed by atoms with Crippen LogP contribution in [-0.2, 0) is 6.42 Å². The van der Waals surface area contributed by atoms with Crippen LogP contribution < -0.4 is 10.2 Å². The van der Waals surface area contributed by atoms with Gasteiger partial charge in [-0.3, -0.25) is 9.78 Å². The molecule has 1 saturated heterocycles. The average molecular weight is 560 g/mol. The first-order valence-electron chi connectivity index (χ1n) is 14.1. The number of amides is 1. The third kappa shape index (κ3) is 6.06. The van der Waals surface area contributed by atoms with Gasteiger partial charge in [0.25, 0.3) is 5.91 Å². The van der Waals surface area contributed by atoms with Crippen molar-refractivity contribution in [2.45, 2.75) is 20.3 Å². The molecule has 5 aromatic rings. The lowest BCUT2D eigenvalue weighted by Crippen LogP contribution is -2.44. The number of hydrogen-bond acceptors (Lipinski definition) is 8. The van der Waals surface area contributed by atoms with E-state index in [4.69, 9.17) is 9.51 Å². The first-order chi connectivity index (χ1) is 20.4. The van der Waals surface area contributed by atoms with Crippen LogP contribution in [0, 0.1) is 13.8 Å². The summed E-state index contributed by atoms with van der Waals surface area (Å²) in [4.78, 5) is 31.6. The van der Waals surface area contributed by atoms with Gasteiger partial charge in [-0.2, -0.15) is 0 Å². The largest absolute Gasteiger partial charge is 0.369 e. The van der Waals surface area contributed by atoms with E-state index in [2.05, 4.69) is 49.4 Å². The van der Waals surface area contributed by atoms with Gasteiger partial charge in [0, 0.05) is 84.8 Å². The molecular formula is C33H33N7O2. The number of benzene rings is 2. The molecule has 0 bridgehead atoms. The van der Waals surface area contributed by atoms with E-state index in [-0.39, 0.29) is 5.91 Å². The van der Waals surface area contributed by atoms with Gasteiger partial charge in [0.1, 0.15) is 5.82 Å². The van der Waals surface area contributed by atoms with Crippen molar-refractivity contribution in [3.8, 4) is 22.6 Å². The monoisotopic (exact) mass is 559 g/mol. The number of nitrogens with one attached hydrogen (secondary N) is 1. The first-order valence-corrected chi connectivity index (χ1v) is 14.1. The number of piperazine rings is 1. The first kappa shape index (κ1) is 27.3. The molecule has 1 fully saturated rings. The molecule has 0 spiro atoms. The van der Waals surface area contributed by atoms with Crippen LogP contribution in [0.3, 0.4) is 0 Å². The molecule has 212 valence electrons. The van der Waals surface area contributed by atoms with Crippen LogP contribution in [-0.4, -0.2) is 64.1 Å². The highest BCUT2D eigenvalue weighted by atomic mass is 16.5. The predicted molar refractivity (Wildman–Crippen MR) is 164 cm³/mol. The third-order valence-electron chi connectivity index (χ3n) is 7.70. The van der Waals surface area contributed by atoms with Crippen molar-refractivity contribution in [1.82, 2.24) is 25.0 Å². The average Bonchev–Trinajstić information content (AvgIpc) is 3.45. The minimum atomic E-state index is -0.149. The van der Waals surface area contributed by atoms with Crippen molar-refractivity contribution < 1.29 is 9.32 Å². The number of rotatable bonds is 7. The Morgan fingerprint density at radius 3 is 2.45 bits per heavy atom. The molecule has 0 unspecified atom stereocenters. The molecule has 9 nitrogen and oxygen atoms in total. The van der Waals surface area contributed by atoms with E-state index < -0.39 is 0 Å². The van der Waals surface area contributed by atoms with E-state index in [1.54, 1.807) is 24.8 Å². The fraction of sp³-hybridized carbons (Fsp3) is 0.242. The van der Waals surface area contributed by atoms with E-state index in [1.807, 2.05) is 56.3 Å². The predicted octanol–water partition coefficient (Wildman–Crippen LogP) is 5.41. The fourth-order valence-corrected chi connectivity index (χ4v) is 5.12. The molecule has 9 heteroatoms. The zero-order chi connectivity index (χ0) is 29.1. The van der Waals surface area contributed by atoms with Gasteiger partial charge in [-0.15, -0.1) is 0 Å². The summed E-state index contributed by atoms with van der Waals surface area (Å²) < 4.78 is 5.40. The summed E-state index contributed by atoms with van der Waals surface area (Å²) in [5.74, 6) is 1.20. The second kappa shape index (κ2) is 11.9. The van der Waals surface area contributed by atoms with E-state index in [0.717, 1.165) is 65.4 Å². The van der Waals surface area contributed by atoms with Crippen LogP contribution in [0.2, 0.25) is 0 Å². The summed E-state index contributed by atoms with van der Waals surface area (Å²) >= 11 is 0. The number of hydrogen-bond donors (Lipinski definition) is 1. The Morgan fingerprint density at radius 1 is 0.905 bits per heavy atom. The number of pyridine rings is 1. The smallest absolute Gasteiger partial charge is 0.255 e. The highest BCUT2D eigenvalue weighted by Gasteiger charge is 2.15. The van der Waals surface area contributed by atoms with Gasteiger partial charge < -0.3 is 19.6 Å². The number of aryl methyl sites for hydroxylation is 2. The van der Waals surface area contributed by atoms with Gasteiger partial charge in [0.15, 0.2) is 5.76 Å². The van der Waals surface area contributed by atoms with Crippen LogP contribution in [0.4, 0.5) is 11.4 Å². The van der Waals surface area contributed by atoms with Crippen LogP contribution >= 0.6 is 0 Å². The molecular weight excluding hydrogens is 526 g/mol. The zero-order valence-electron chi connectivity index (χ0n) is 24.0. The van der Waals surface area contributed by atoms with Crippen LogP contribution in [0.5, 0.6) is 0 Å². The Balaban J connectivity index is 1.16. The van der Waals surface area contributed by atoms with Gasteiger partial charge in [-0.05, 0) is 80.6 Å². The van der Waals surface area contributed by atoms with Gasteiger partial charge in [-0.25, -0.2) is 9.97 Å². The molecule has 1 aliphatic rings. The summed E-state index contributed by atoms with van der Waals surface area (Å²) in [5.41, 5.74) is 8.01. The van der Waals surface area contributed by atoms with Crippen molar-refractivity contribution in [1.29, 1.82) is 0 Å². The Morgan fingerprint density at radius 2 is 1.69 bits per heavy atom. The molecule has 0 aliphatic carbocycles. The van der Waals surface area contributed by atoms with Crippen LogP contribution in [0.15, 0.2) is 83.9 Å². The van der Waals surface area contributed by atoms with Gasteiger partial charge in [0.05, 0.1) is 11.9 Å². The van der Waals surface area contributed by atoms with E-state index >= 15 is 0 Å². The second-order valence-electron chi connectivity index (χ2n) is 10.8. The van der Waals surface area contributed by atoms with Gasteiger partial charge >= 0.3 is 0 Å². The summed E-state index contributed by atoms with van der Waals surface area (Å²) in [6.07, 6.45) is 7.46.